The number of carbonyl (C=O) groups excluding carboxylic acids is 2. The number of halogens is 2. The molecule has 8 nitrogen and oxygen atoms in total. The van der Waals surface area contributed by atoms with Crippen LogP contribution in [0.15, 0.2) is 59.5 Å². The number of fused-ring (bicyclic) bond motifs is 2. The lowest BCUT2D eigenvalue weighted by Crippen LogP contribution is -2.62. The zero-order valence-corrected chi connectivity index (χ0v) is 27.4. The maximum absolute atomic E-state index is 14.3. The van der Waals surface area contributed by atoms with Crippen molar-refractivity contribution in [1.29, 1.82) is 0 Å². The first kappa shape index (κ1) is 30.2. The highest BCUT2D eigenvalue weighted by Gasteiger charge is 2.44. The predicted octanol–water partition coefficient (Wildman–Crippen LogP) is 5.96. The van der Waals surface area contributed by atoms with Crippen LogP contribution in [-0.4, -0.2) is 80.6 Å². The third kappa shape index (κ3) is 6.64. The van der Waals surface area contributed by atoms with Crippen molar-refractivity contribution in [3.05, 3.63) is 86.9 Å². The van der Waals surface area contributed by atoms with Gasteiger partial charge < -0.3 is 14.2 Å². The highest BCUT2D eigenvalue weighted by Crippen LogP contribution is 2.39. The first-order chi connectivity index (χ1) is 20.6. The van der Waals surface area contributed by atoms with Crippen LogP contribution in [0.2, 0.25) is 5.02 Å². The topological polar surface area (TPSA) is 70.9 Å². The fourth-order valence-corrected chi connectivity index (χ4v) is 7.33. The number of amides is 2. The van der Waals surface area contributed by atoms with Gasteiger partial charge in [0.15, 0.2) is 0 Å². The van der Waals surface area contributed by atoms with Crippen LogP contribution >= 0.6 is 27.5 Å². The third-order valence-corrected chi connectivity index (χ3v) is 9.38. The van der Waals surface area contributed by atoms with E-state index in [0.717, 1.165) is 41.5 Å². The molecule has 0 spiro atoms. The van der Waals surface area contributed by atoms with E-state index in [9.17, 15) is 9.59 Å². The van der Waals surface area contributed by atoms with Crippen molar-refractivity contribution in [1.82, 2.24) is 24.3 Å². The average Bonchev–Trinajstić information content (AvgIpc) is 3.62. The Balaban J connectivity index is 1.31. The maximum Gasteiger partial charge on any atom is 0.411 e. The minimum Gasteiger partial charge on any atom is -0.444 e. The SMILES string of the molecule is CC(C)(C)OC(=O)N1CCN(C2c3ccc(Cl)cc3CCc3cc(Br)cnc32)C[C@@H]1C(=O)N1CC[C@@H](Cn2cccc2)C1. The lowest BCUT2D eigenvalue weighted by Gasteiger charge is -2.44. The molecule has 0 bridgehead atoms. The van der Waals surface area contributed by atoms with E-state index in [2.05, 4.69) is 56.0 Å². The van der Waals surface area contributed by atoms with Gasteiger partial charge in [0.25, 0.3) is 0 Å². The molecule has 1 aromatic carbocycles. The number of piperazine rings is 1. The third-order valence-electron chi connectivity index (χ3n) is 8.71. The molecule has 3 aliphatic rings. The lowest BCUT2D eigenvalue weighted by atomic mass is 9.95. The molecule has 4 heterocycles. The molecule has 3 atom stereocenters. The first-order valence-corrected chi connectivity index (χ1v) is 16.3. The van der Waals surface area contributed by atoms with E-state index in [0.29, 0.717) is 43.7 Å². The number of pyridine rings is 1. The van der Waals surface area contributed by atoms with E-state index in [1.807, 2.05) is 50.1 Å². The molecule has 6 rings (SSSR count). The lowest BCUT2D eigenvalue weighted by molar-refractivity contribution is -0.138. The van der Waals surface area contributed by atoms with Gasteiger partial charge in [0.2, 0.25) is 5.91 Å². The van der Waals surface area contributed by atoms with Crippen molar-refractivity contribution in [2.24, 2.45) is 5.92 Å². The second kappa shape index (κ2) is 12.3. The summed E-state index contributed by atoms with van der Waals surface area (Å²) in [5.74, 6) is 0.360. The molecule has 0 N–H and O–H groups in total. The van der Waals surface area contributed by atoms with Crippen LogP contribution in [0.3, 0.4) is 0 Å². The molecule has 2 aliphatic heterocycles. The Bertz CT molecular complexity index is 1440. The van der Waals surface area contributed by atoms with Crippen molar-refractivity contribution < 1.29 is 14.3 Å². The van der Waals surface area contributed by atoms with Crippen LogP contribution in [0, 0.1) is 5.92 Å². The highest BCUT2D eigenvalue weighted by molar-refractivity contribution is 9.10. The van der Waals surface area contributed by atoms with E-state index in [1.54, 1.807) is 4.90 Å². The number of carbonyl (C=O) groups is 2. The zero-order chi connectivity index (χ0) is 30.3. The summed E-state index contributed by atoms with van der Waals surface area (Å²) in [5, 5.41) is 0.712. The molecule has 0 saturated carbocycles. The van der Waals surface area contributed by atoms with Gasteiger partial charge in [0, 0.05) is 67.4 Å². The highest BCUT2D eigenvalue weighted by atomic mass is 79.9. The van der Waals surface area contributed by atoms with Crippen LogP contribution < -0.4 is 0 Å². The Hall–Kier alpha value is -2.88. The Morgan fingerprint density at radius 3 is 2.58 bits per heavy atom. The summed E-state index contributed by atoms with van der Waals surface area (Å²) in [4.78, 5) is 38.7. The van der Waals surface area contributed by atoms with E-state index < -0.39 is 17.7 Å². The molecule has 228 valence electrons. The summed E-state index contributed by atoms with van der Waals surface area (Å²) in [7, 11) is 0. The molecule has 3 aromatic rings. The normalized spacial score (nSPS) is 22.6. The van der Waals surface area contributed by atoms with E-state index in [-0.39, 0.29) is 11.9 Å². The largest absolute Gasteiger partial charge is 0.444 e. The van der Waals surface area contributed by atoms with Crippen molar-refractivity contribution in [3.8, 4) is 0 Å². The van der Waals surface area contributed by atoms with Crippen LogP contribution in [0.25, 0.3) is 0 Å². The summed E-state index contributed by atoms with van der Waals surface area (Å²) in [6.07, 6.45) is 8.18. The number of aromatic nitrogens is 2. The van der Waals surface area contributed by atoms with Crippen molar-refractivity contribution >= 4 is 39.5 Å². The quantitative estimate of drug-likeness (QED) is 0.344. The molecule has 2 aromatic heterocycles. The molecule has 0 radical (unpaired) electrons. The van der Waals surface area contributed by atoms with E-state index >= 15 is 0 Å². The summed E-state index contributed by atoms with van der Waals surface area (Å²) in [5.41, 5.74) is 3.86. The van der Waals surface area contributed by atoms with Crippen LogP contribution in [0.4, 0.5) is 4.79 Å². The second-order valence-electron chi connectivity index (χ2n) is 12.9. The maximum atomic E-state index is 14.3. The summed E-state index contributed by atoms with van der Waals surface area (Å²) in [6.45, 7) is 9.19. The molecule has 43 heavy (non-hydrogen) atoms. The first-order valence-electron chi connectivity index (χ1n) is 15.1. The number of hydrogen-bond acceptors (Lipinski definition) is 5. The molecule has 1 aliphatic carbocycles. The molecule has 2 amide bonds. The van der Waals surface area contributed by atoms with Gasteiger partial charge in [-0.1, -0.05) is 17.7 Å². The van der Waals surface area contributed by atoms with Crippen molar-refractivity contribution in [3.63, 3.8) is 0 Å². The smallest absolute Gasteiger partial charge is 0.411 e. The summed E-state index contributed by atoms with van der Waals surface area (Å²) in [6, 6.07) is 11.5. The van der Waals surface area contributed by atoms with Crippen LogP contribution in [-0.2, 0) is 28.9 Å². The van der Waals surface area contributed by atoms with Gasteiger partial charge in [-0.3, -0.25) is 19.6 Å². The molecular weight excluding hydrogens is 630 g/mol. The monoisotopic (exact) mass is 667 g/mol. The van der Waals surface area contributed by atoms with Crippen LogP contribution in [0.1, 0.15) is 55.6 Å². The Morgan fingerprint density at radius 1 is 1.05 bits per heavy atom. The fraction of sp³-hybridized carbons (Fsp3) is 0.485. The summed E-state index contributed by atoms with van der Waals surface area (Å²) >= 11 is 10.1. The second-order valence-corrected chi connectivity index (χ2v) is 14.3. The molecular formula is C33H39BrClN5O3. The van der Waals surface area contributed by atoms with Gasteiger partial charge in [-0.15, -0.1) is 0 Å². The fourth-order valence-electron chi connectivity index (χ4n) is 6.75. The number of likely N-dealkylation sites (tertiary alicyclic amines) is 1. The van der Waals surface area contributed by atoms with E-state index in [1.165, 1.54) is 11.1 Å². The molecule has 10 heteroatoms. The van der Waals surface area contributed by atoms with Gasteiger partial charge in [-0.2, -0.15) is 0 Å². The van der Waals surface area contributed by atoms with Gasteiger partial charge in [-0.05, 0) is 109 Å². The minimum absolute atomic E-state index is 0.0143. The van der Waals surface area contributed by atoms with Gasteiger partial charge in [0.05, 0.1) is 11.7 Å². The molecule has 1 unspecified atom stereocenters. The number of rotatable bonds is 4. The Morgan fingerprint density at radius 2 is 1.81 bits per heavy atom. The number of hydrogen-bond donors (Lipinski definition) is 0. The van der Waals surface area contributed by atoms with Gasteiger partial charge >= 0.3 is 6.09 Å². The number of aryl methyl sites for hydroxylation is 2. The average molecular weight is 669 g/mol. The number of nitrogens with zero attached hydrogens (tertiary/aromatic N) is 5. The Labute approximate surface area is 267 Å². The van der Waals surface area contributed by atoms with E-state index in [4.69, 9.17) is 21.3 Å². The van der Waals surface area contributed by atoms with Crippen molar-refractivity contribution in [2.75, 3.05) is 32.7 Å². The van der Waals surface area contributed by atoms with Crippen molar-refractivity contribution in [2.45, 2.75) is 64.3 Å². The summed E-state index contributed by atoms with van der Waals surface area (Å²) < 4.78 is 8.93. The van der Waals surface area contributed by atoms with Gasteiger partial charge in [-0.25, -0.2) is 4.79 Å². The predicted molar refractivity (Wildman–Crippen MR) is 170 cm³/mol. The molecule has 2 saturated heterocycles. The minimum atomic E-state index is -0.660. The Kier molecular flexibility index (Phi) is 8.59. The number of benzene rings is 1. The number of ether oxygens (including phenoxy) is 1. The van der Waals surface area contributed by atoms with Gasteiger partial charge in [0.1, 0.15) is 11.6 Å². The van der Waals surface area contributed by atoms with Crippen LogP contribution in [0.5, 0.6) is 0 Å². The zero-order valence-electron chi connectivity index (χ0n) is 25.0. The molecule has 2 fully saturated rings. The standard InChI is InChI=1S/C33H39BrClN5O3/c1-33(2,3)43-32(42)40-15-14-38(21-28(40)31(41)39-13-10-22(20-39)19-37-11-4-5-12-37)30-27-9-8-26(35)17-23(27)6-7-24-16-25(34)18-36-29(24)30/h4-5,8-9,11-12,16-18,22,28,30H,6-7,10,13-15,19-21H2,1-3H3/t22-,28+,30?/m0/s1.